The molecule has 2 rings (SSSR count). The first-order valence-corrected chi connectivity index (χ1v) is 7.75. The van der Waals surface area contributed by atoms with Crippen LogP contribution in [0.3, 0.4) is 0 Å². The zero-order chi connectivity index (χ0) is 15.9. The molecule has 4 nitrogen and oxygen atoms in total. The highest BCUT2D eigenvalue weighted by atomic mass is 79.9. The van der Waals surface area contributed by atoms with E-state index in [2.05, 4.69) is 26.5 Å². The summed E-state index contributed by atoms with van der Waals surface area (Å²) >= 11 is 15.1. The van der Waals surface area contributed by atoms with Crippen molar-refractivity contribution in [2.75, 3.05) is 6.61 Å². The second-order valence-corrected chi connectivity index (χ2v) is 5.88. The smallest absolute Gasteiger partial charge is 0.277 e. The molecule has 0 aromatic heterocycles. The van der Waals surface area contributed by atoms with Crippen LogP contribution in [0.1, 0.15) is 5.56 Å². The van der Waals surface area contributed by atoms with Crippen molar-refractivity contribution in [1.82, 2.24) is 5.43 Å². The Labute approximate surface area is 146 Å². The van der Waals surface area contributed by atoms with Crippen LogP contribution in [0.5, 0.6) is 5.75 Å². The lowest BCUT2D eigenvalue weighted by Crippen LogP contribution is -2.24. The van der Waals surface area contributed by atoms with Gasteiger partial charge in [0, 0.05) is 15.6 Å². The highest BCUT2D eigenvalue weighted by Gasteiger charge is 2.05. The van der Waals surface area contributed by atoms with Gasteiger partial charge in [-0.2, -0.15) is 5.10 Å². The summed E-state index contributed by atoms with van der Waals surface area (Å²) in [6.07, 6.45) is 1.47. The molecule has 0 saturated heterocycles. The lowest BCUT2D eigenvalue weighted by Gasteiger charge is -2.07. The third-order valence-corrected chi connectivity index (χ3v) is 3.75. The maximum atomic E-state index is 11.6. The van der Waals surface area contributed by atoms with Crippen molar-refractivity contribution in [2.45, 2.75) is 0 Å². The fourth-order valence-electron chi connectivity index (χ4n) is 1.52. The average molecular weight is 402 g/mol. The fraction of sp³-hybridized carbons (Fsp3) is 0.0667. The van der Waals surface area contributed by atoms with Crippen LogP contribution in [0.15, 0.2) is 52.0 Å². The number of nitrogens with zero attached hydrogens (tertiary/aromatic N) is 1. The molecule has 0 spiro atoms. The molecule has 0 unspecified atom stereocenters. The number of amides is 1. The van der Waals surface area contributed by atoms with E-state index in [1.807, 2.05) is 12.1 Å². The van der Waals surface area contributed by atoms with Crippen LogP contribution in [-0.4, -0.2) is 18.7 Å². The highest BCUT2D eigenvalue weighted by Crippen LogP contribution is 2.27. The van der Waals surface area contributed by atoms with Crippen LogP contribution in [0, 0.1) is 0 Å². The summed E-state index contributed by atoms with van der Waals surface area (Å²) in [4.78, 5) is 11.6. The molecule has 0 radical (unpaired) electrons. The van der Waals surface area contributed by atoms with Gasteiger partial charge in [-0.05, 0) is 40.2 Å². The van der Waals surface area contributed by atoms with E-state index in [0.29, 0.717) is 25.8 Å². The van der Waals surface area contributed by atoms with E-state index in [0.717, 1.165) is 0 Å². The SMILES string of the molecule is O=C(COc1ccc(Cl)cc1Br)N/N=C/c1ccccc1Cl. The van der Waals surface area contributed by atoms with E-state index in [1.165, 1.54) is 6.21 Å². The average Bonchev–Trinajstić information content (AvgIpc) is 2.48. The summed E-state index contributed by atoms with van der Waals surface area (Å²) in [5.41, 5.74) is 3.08. The summed E-state index contributed by atoms with van der Waals surface area (Å²) in [7, 11) is 0. The van der Waals surface area contributed by atoms with E-state index in [1.54, 1.807) is 30.3 Å². The zero-order valence-electron chi connectivity index (χ0n) is 11.2. The standard InChI is InChI=1S/C15H11BrCl2N2O2/c16-12-7-11(17)5-6-14(12)22-9-15(21)20-19-8-10-3-1-2-4-13(10)18/h1-8H,9H2,(H,20,21)/b19-8+. The second-order valence-electron chi connectivity index (χ2n) is 4.18. The van der Waals surface area contributed by atoms with E-state index in [4.69, 9.17) is 27.9 Å². The number of halogens is 3. The van der Waals surface area contributed by atoms with Crippen molar-refractivity contribution in [2.24, 2.45) is 5.10 Å². The summed E-state index contributed by atoms with van der Waals surface area (Å²) in [6.45, 7) is -0.167. The van der Waals surface area contributed by atoms with Gasteiger partial charge in [-0.25, -0.2) is 5.43 Å². The molecule has 0 heterocycles. The Morgan fingerprint density at radius 1 is 1.27 bits per heavy atom. The van der Waals surface area contributed by atoms with Crippen LogP contribution in [0.4, 0.5) is 0 Å². The molecule has 0 saturated carbocycles. The molecular weight excluding hydrogens is 391 g/mol. The van der Waals surface area contributed by atoms with Crippen molar-refractivity contribution in [1.29, 1.82) is 0 Å². The van der Waals surface area contributed by atoms with Crippen LogP contribution in [0.2, 0.25) is 10.0 Å². The van der Waals surface area contributed by atoms with Crippen LogP contribution < -0.4 is 10.2 Å². The summed E-state index contributed by atoms with van der Waals surface area (Å²) < 4.78 is 6.04. The third kappa shape index (κ3) is 5.02. The van der Waals surface area contributed by atoms with Gasteiger partial charge in [0.25, 0.3) is 5.91 Å². The number of hydrogen-bond acceptors (Lipinski definition) is 3. The van der Waals surface area contributed by atoms with Gasteiger partial charge >= 0.3 is 0 Å². The second kappa shape index (κ2) is 8.17. The topological polar surface area (TPSA) is 50.7 Å². The minimum atomic E-state index is -0.384. The van der Waals surface area contributed by atoms with Gasteiger partial charge in [-0.3, -0.25) is 4.79 Å². The number of carbonyl (C=O) groups excluding carboxylic acids is 1. The van der Waals surface area contributed by atoms with Gasteiger partial charge in [0.15, 0.2) is 6.61 Å². The van der Waals surface area contributed by atoms with Crippen molar-refractivity contribution in [3.05, 3.63) is 62.5 Å². The van der Waals surface area contributed by atoms with E-state index in [-0.39, 0.29) is 12.5 Å². The van der Waals surface area contributed by atoms with Gasteiger partial charge in [0.2, 0.25) is 0 Å². The Bertz CT molecular complexity index is 708. The van der Waals surface area contributed by atoms with E-state index < -0.39 is 0 Å². The molecule has 0 aliphatic carbocycles. The van der Waals surface area contributed by atoms with Gasteiger partial charge < -0.3 is 4.74 Å². The Morgan fingerprint density at radius 2 is 2.05 bits per heavy atom. The minimum Gasteiger partial charge on any atom is -0.483 e. The van der Waals surface area contributed by atoms with Crippen molar-refractivity contribution < 1.29 is 9.53 Å². The Hall–Kier alpha value is -1.56. The third-order valence-electron chi connectivity index (χ3n) is 2.55. The Morgan fingerprint density at radius 3 is 2.77 bits per heavy atom. The van der Waals surface area contributed by atoms with Gasteiger partial charge in [0.05, 0.1) is 10.7 Å². The largest absolute Gasteiger partial charge is 0.483 e. The molecule has 0 atom stereocenters. The lowest BCUT2D eigenvalue weighted by atomic mass is 10.2. The molecule has 7 heteroatoms. The normalized spacial score (nSPS) is 10.7. The molecule has 0 bridgehead atoms. The molecular formula is C15H11BrCl2N2O2. The predicted octanol–water partition coefficient (Wildman–Crippen LogP) is 4.29. The first-order chi connectivity index (χ1) is 10.6. The predicted molar refractivity (Wildman–Crippen MR) is 91.8 cm³/mol. The molecule has 2 aromatic rings. The number of hydrogen-bond donors (Lipinski definition) is 1. The number of hydrazone groups is 1. The fourth-order valence-corrected chi connectivity index (χ4v) is 2.50. The van der Waals surface area contributed by atoms with Crippen molar-refractivity contribution in [3.63, 3.8) is 0 Å². The van der Waals surface area contributed by atoms with E-state index >= 15 is 0 Å². The monoisotopic (exact) mass is 400 g/mol. The summed E-state index contributed by atoms with van der Waals surface area (Å²) in [5.74, 6) is 0.139. The molecule has 0 aliphatic heterocycles. The maximum Gasteiger partial charge on any atom is 0.277 e. The first-order valence-electron chi connectivity index (χ1n) is 6.20. The number of nitrogens with one attached hydrogen (secondary N) is 1. The van der Waals surface area contributed by atoms with E-state index in [9.17, 15) is 4.79 Å². The molecule has 1 amide bonds. The molecule has 22 heavy (non-hydrogen) atoms. The Balaban J connectivity index is 1.84. The van der Waals surface area contributed by atoms with Crippen molar-refractivity contribution in [3.8, 4) is 5.75 Å². The number of benzene rings is 2. The highest BCUT2D eigenvalue weighted by molar-refractivity contribution is 9.10. The quantitative estimate of drug-likeness (QED) is 0.600. The molecule has 2 aromatic carbocycles. The maximum absolute atomic E-state index is 11.6. The number of ether oxygens (including phenoxy) is 1. The van der Waals surface area contributed by atoms with Crippen molar-refractivity contribution >= 4 is 51.3 Å². The summed E-state index contributed by atoms with van der Waals surface area (Å²) in [5, 5.41) is 4.96. The van der Waals surface area contributed by atoms with Gasteiger partial charge in [-0.15, -0.1) is 0 Å². The zero-order valence-corrected chi connectivity index (χ0v) is 14.3. The Kier molecular flexibility index (Phi) is 6.24. The molecule has 1 N–H and O–H groups in total. The van der Waals surface area contributed by atoms with Crippen LogP contribution in [-0.2, 0) is 4.79 Å². The molecule has 114 valence electrons. The number of carbonyl (C=O) groups is 1. The number of rotatable bonds is 5. The minimum absolute atomic E-state index is 0.167. The van der Waals surface area contributed by atoms with Gasteiger partial charge in [-0.1, -0.05) is 41.4 Å². The molecule has 0 fully saturated rings. The van der Waals surface area contributed by atoms with Gasteiger partial charge in [0.1, 0.15) is 5.75 Å². The summed E-state index contributed by atoms with van der Waals surface area (Å²) in [6, 6.07) is 12.2. The van der Waals surface area contributed by atoms with Crippen LogP contribution >= 0.6 is 39.1 Å². The van der Waals surface area contributed by atoms with Crippen LogP contribution in [0.25, 0.3) is 0 Å². The molecule has 0 aliphatic rings. The first kappa shape index (κ1) is 16.8. The lowest BCUT2D eigenvalue weighted by molar-refractivity contribution is -0.123.